The van der Waals surface area contributed by atoms with Gasteiger partial charge in [-0.1, -0.05) is 6.07 Å². The number of anilines is 2. The van der Waals surface area contributed by atoms with Gasteiger partial charge in [-0.15, -0.1) is 0 Å². The first-order valence-electron chi connectivity index (χ1n) is 7.93. The van der Waals surface area contributed by atoms with Gasteiger partial charge in [0.1, 0.15) is 6.61 Å². The van der Waals surface area contributed by atoms with Gasteiger partial charge in [0.25, 0.3) is 11.8 Å². The van der Waals surface area contributed by atoms with Crippen molar-refractivity contribution >= 4 is 23.2 Å². The van der Waals surface area contributed by atoms with Crippen molar-refractivity contribution in [1.29, 1.82) is 0 Å². The fourth-order valence-corrected chi connectivity index (χ4v) is 2.86. The fraction of sp³-hybridized carbons (Fsp3) is 0.278. The summed E-state index contributed by atoms with van der Waals surface area (Å²) in [5, 5.41) is 2.72. The number of amides is 2. The molecule has 1 N–H and O–H groups in total. The number of rotatable bonds is 4. The second-order valence-electron chi connectivity index (χ2n) is 5.75. The van der Waals surface area contributed by atoms with Crippen molar-refractivity contribution in [1.82, 2.24) is 4.98 Å². The number of pyridine rings is 1. The minimum absolute atomic E-state index is 0.00627. The Morgan fingerprint density at radius 2 is 2.16 bits per heavy atom. The average Bonchev–Trinajstić information content (AvgIpc) is 2.61. The van der Waals surface area contributed by atoms with Crippen LogP contribution in [0.1, 0.15) is 22.3 Å². The SMILES string of the molecule is COCC(=O)N1CCCc2ccc(NC(=O)c3ccnc(F)c3)cc21. The summed E-state index contributed by atoms with van der Waals surface area (Å²) < 4.78 is 18.1. The highest BCUT2D eigenvalue weighted by molar-refractivity contribution is 6.05. The van der Waals surface area contributed by atoms with E-state index in [0.717, 1.165) is 30.2 Å². The zero-order chi connectivity index (χ0) is 17.8. The molecule has 7 heteroatoms. The first-order valence-corrected chi connectivity index (χ1v) is 7.93. The van der Waals surface area contributed by atoms with Gasteiger partial charge in [-0.05, 0) is 36.6 Å². The molecule has 3 rings (SSSR count). The Kier molecular flexibility index (Phi) is 5.04. The van der Waals surface area contributed by atoms with Crippen molar-refractivity contribution in [3.63, 3.8) is 0 Å². The molecule has 1 aliphatic heterocycles. The van der Waals surface area contributed by atoms with Gasteiger partial charge in [0.15, 0.2) is 0 Å². The predicted octanol–water partition coefficient (Wildman–Crippen LogP) is 2.40. The molecule has 1 aromatic heterocycles. The Bertz CT molecular complexity index is 810. The molecule has 0 spiro atoms. The van der Waals surface area contributed by atoms with E-state index in [1.165, 1.54) is 19.4 Å². The van der Waals surface area contributed by atoms with Gasteiger partial charge in [-0.3, -0.25) is 9.59 Å². The van der Waals surface area contributed by atoms with Crippen molar-refractivity contribution in [2.24, 2.45) is 0 Å². The standard InChI is InChI=1S/C18H18FN3O3/c1-25-11-17(23)22-8-2-3-12-4-5-14(10-15(12)22)21-18(24)13-6-7-20-16(19)9-13/h4-7,9-10H,2-3,8,11H2,1H3,(H,21,24). The van der Waals surface area contributed by atoms with Crippen LogP contribution >= 0.6 is 0 Å². The number of ether oxygens (including phenoxy) is 1. The molecule has 6 nitrogen and oxygen atoms in total. The molecule has 0 radical (unpaired) electrons. The van der Waals surface area contributed by atoms with Crippen LogP contribution in [0, 0.1) is 5.95 Å². The van der Waals surface area contributed by atoms with Crippen LogP contribution in [-0.2, 0) is 16.0 Å². The normalized spacial score (nSPS) is 13.3. The zero-order valence-electron chi connectivity index (χ0n) is 13.8. The predicted molar refractivity (Wildman–Crippen MR) is 91.1 cm³/mol. The van der Waals surface area contributed by atoms with Gasteiger partial charge < -0.3 is 15.0 Å². The smallest absolute Gasteiger partial charge is 0.255 e. The Hall–Kier alpha value is -2.80. The van der Waals surface area contributed by atoms with E-state index in [4.69, 9.17) is 4.74 Å². The third-order valence-corrected chi connectivity index (χ3v) is 4.02. The maximum Gasteiger partial charge on any atom is 0.255 e. The van der Waals surface area contributed by atoms with Crippen LogP contribution in [-0.4, -0.2) is 37.1 Å². The summed E-state index contributed by atoms with van der Waals surface area (Å²) in [4.78, 5) is 29.6. The second-order valence-corrected chi connectivity index (χ2v) is 5.75. The molecular formula is C18H18FN3O3. The summed E-state index contributed by atoms with van der Waals surface area (Å²) in [6.07, 6.45) is 2.99. The third-order valence-electron chi connectivity index (χ3n) is 4.02. The maximum absolute atomic E-state index is 13.2. The van der Waals surface area contributed by atoms with E-state index >= 15 is 0 Å². The van der Waals surface area contributed by atoms with Crippen molar-refractivity contribution < 1.29 is 18.7 Å². The Morgan fingerprint density at radius 1 is 1.32 bits per heavy atom. The lowest BCUT2D eigenvalue weighted by molar-refractivity contribution is -0.122. The van der Waals surface area contributed by atoms with E-state index in [-0.39, 0.29) is 18.1 Å². The molecule has 0 saturated heterocycles. The number of nitrogens with zero attached hydrogens (tertiary/aromatic N) is 2. The van der Waals surface area contributed by atoms with Crippen molar-refractivity contribution in [2.45, 2.75) is 12.8 Å². The summed E-state index contributed by atoms with van der Waals surface area (Å²) in [6, 6.07) is 7.94. The summed E-state index contributed by atoms with van der Waals surface area (Å²) in [7, 11) is 1.48. The van der Waals surface area contributed by atoms with Crippen LogP contribution in [0.15, 0.2) is 36.5 Å². The van der Waals surface area contributed by atoms with Gasteiger partial charge in [0.05, 0.1) is 0 Å². The van der Waals surface area contributed by atoms with Crippen LogP contribution in [0.2, 0.25) is 0 Å². The van der Waals surface area contributed by atoms with Crippen LogP contribution in [0.4, 0.5) is 15.8 Å². The Balaban J connectivity index is 1.83. The lowest BCUT2D eigenvalue weighted by Gasteiger charge is -2.29. The molecule has 0 bridgehead atoms. The number of hydrogen-bond acceptors (Lipinski definition) is 4. The van der Waals surface area contributed by atoms with Crippen molar-refractivity contribution in [2.75, 3.05) is 30.5 Å². The molecule has 0 aliphatic carbocycles. The highest BCUT2D eigenvalue weighted by atomic mass is 19.1. The number of methoxy groups -OCH3 is 1. The monoisotopic (exact) mass is 343 g/mol. The minimum atomic E-state index is -0.713. The van der Waals surface area contributed by atoms with Gasteiger partial charge in [0, 0.05) is 42.9 Å². The second kappa shape index (κ2) is 7.40. The first-order chi connectivity index (χ1) is 12.1. The number of carbonyl (C=O) groups excluding carboxylic acids is 2. The topological polar surface area (TPSA) is 71.5 Å². The molecule has 2 aromatic rings. The number of hydrogen-bond donors (Lipinski definition) is 1. The van der Waals surface area contributed by atoms with Gasteiger partial charge in [0.2, 0.25) is 5.95 Å². The molecule has 0 unspecified atom stereocenters. The summed E-state index contributed by atoms with van der Waals surface area (Å²) in [6.45, 7) is 0.620. The van der Waals surface area contributed by atoms with Gasteiger partial charge >= 0.3 is 0 Å². The van der Waals surface area contributed by atoms with E-state index in [1.807, 2.05) is 6.07 Å². The lowest BCUT2D eigenvalue weighted by atomic mass is 10.0. The van der Waals surface area contributed by atoms with Crippen molar-refractivity contribution in [3.8, 4) is 0 Å². The number of benzene rings is 1. The van der Waals surface area contributed by atoms with E-state index in [2.05, 4.69) is 10.3 Å². The van der Waals surface area contributed by atoms with Crippen LogP contribution in [0.3, 0.4) is 0 Å². The van der Waals surface area contributed by atoms with E-state index in [0.29, 0.717) is 12.2 Å². The number of fused-ring (bicyclic) bond motifs is 1. The molecule has 130 valence electrons. The molecule has 1 aliphatic rings. The lowest BCUT2D eigenvalue weighted by Crippen LogP contribution is -2.37. The maximum atomic E-state index is 13.2. The fourth-order valence-electron chi connectivity index (χ4n) is 2.86. The molecular weight excluding hydrogens is 325 g/mol. The summed E-state index contributed by atoms with van der Waals surface area (Å²) in [5.74, 6) is -1.27. The third kappa shape index (κ3) is 3.83. The number of aromatic nitrogens is 1. The number of carbonyl (C=O) groups is 2. The summed E-state index contributed by atoms with van der Waals surface area (Å²) in [5.41, 5.74) is 2.53. The van der Waals surface area contributed by atoms with E-state index < -0.39 is 11.9 Å². The largest absolute Gasteiger partial charge is 0.375 e. The molecule has 2 heterocycles. The molecule has 0 saturated carbocycles. The number of nitrogens with one attached hydrogen (secondary N) is 1. The number of halogens is 1. The first kappa shape index (κ1) is 17.0. The van der Waals surface area contributed by atoms with Gasteiger partial charge in [-0.25, -0.2) is 4.98 Å². The molecule has 1 aromatic carbocycles. The molecule has 0 atom stereocenters. The molecule has 0 fully saturated rings. The zero-order valence-corrected chi connectivity index (χ0v) is 13.8. The van der Waals surface area contributed by atoms with E-state index in [1.54, 1.807) is 17.0 Å². The quantitative estimate of drug-likeness (QED) is 0.866. The number of aryl methyl sites for hydroxylation is 1. The Morgan fingerprint density at radius 3 is 2.92 bits per heavy atom. The van der Waals surface area contributed by atoms with E-state index in [9.17, 15) is 14.0 Å². The molecule has 2 amide bonds. The van der Waals surface area contributed by atoms with Crippen molar-refractivity contribution in [3.05, 3.63) is 53.6 Å². The summed E-state index contributed by atoms with van der Waals surface area (Å²) >= 11 is 0. The Labute approximate surface area is 144 Å². The highest BCUT2D eigenvalue weighted by Gasteiger charge is 2.23. The van der Waals surface area contributed by atoms with Crippen LogP contribution < -0.4 is 10.2 Å². The average molecular weight is 343 g/mol. The van der Waals surface area contributed by atoms with Crippen LogP contribution in [0.5, 0.6) is 0 Å². The van der Waals surface area contributed by atoms with Crippen LogP contribution in [0.25, 0.3) is 0 Å². The minimum Gasteiger partial charge on any atom is -0.375 e. The molecule has 25 heavy (non-hydrogen) atoms. The highest BCUT2D eigenvalue weighted by Crippen LogP contribution is 2.30. The van der Waals surface area contributed by atoms with Gasteiger partial charge in [-0.2, -0.15) is 4.39 Å².